The summed E-state index contributed by atoms with van der Waals surface area (Å²) in [7, 11) is 1.63. The van der Waals surface area contributed by atoms with Crippen LogP contribution in [-0.4, -0.2) is 24.4 Å². The lowest BCUT2D eigenvalue weighted by Crippen LogP contribution is -2.32. The minimum atomic E-state index is -0.647. The van der Waals surface area contributed by atoms with Crippen molar-refractivity contribution in [1.29, 1.82) is 0 Å². The van der Waals surface area contributed by atoms with Gasteiger partial charge in [0.05, 0.1) is 12.2 Å². The maximum Gasteiger partial charge on any atom is 0.0854 e. The lowest BCUT2D eigenvalue weighted by molar-refractivity contribution is -0.0341. The molecule has 0 heterocycles. The van der Waals surface area contributed by atoms with Crippen LogP contribution in [0.15, 0.2) is 0 Å². The van der Waals surface area contributed by atoms with Crippen LogP contribution in [0, 0.1) is 5.92 Å². The molecule has 0 saturated heterocycles. The highest BCUT2D eigenvalue weighted by molar-refractivity contribution is 4.75. The number of ether oxygens (including phenoxy) is 1. The van der Waals surface area contributed by atoms with E-state index in [0.29, 0.717) is 12.5 Å². The standard InChI is InChI=1S/C10H22O2/c1-5-9(6-2)7-10(3,11)8-12-4/h9,11H,5-8H2,1-4H3. The summed E-state index contributed by atoms with van der Waals surface area (Å²) in [5.74, 6) is 0.621. The van der Waals surface area contributed by atoms with Gasteiger partial charge in [0.25, 0.3) is 0 Å². The summed E-state index contributed by atoms with van der Waals surface area (Å²) in [5.41, 5.74) is -0.647. The van der Waals surface area contributed by atoms with Crippen LogP contribution in [0.3, 0.4) is 0 Å². The first-order chi connectivity index (χ1) is 5.55. The first-order valence-electron chi connectivity index (χ1n) is 4.77. The Morgan fingerprint density at radius 3 is 2.17 bits per heavy atom. The van der Waals surface area contributed by atoms with Gasteiger partial charge in [-0.2, -0.15) is 0 Å². The van der Waals surface area contributed by atoms with E-state index in [9.17, 15) is 5.11 Å². The molecule has 0 fully saturated rings. The number of aliphatic hydroxyl groups is 1. The van der Waals surface area contributed by atoms with Crippen molar-refractivity contribution in [3.63, 3.8) is 0 Å². The second-order valence-electron chi connectivity index (χ2n) is 3.82. The summed E-state index contributed by atoms with van der Waals surface area (Å²) in [4.78, 5) is 0. The van der Waals surface area contributed by atoms with Crippen molar-refractivity contribution in [2.45, 2.75) is 45.6 Å². The zero-order chi connectivity index (χ0) is 9.61. The molecule has 0 rings (SSSR count). The van der Waals surface area contributed by atoms with E-state index in [2.05, 4.69) is 13.8 Å². The SMILES string of the molecule is CCC(CC)CC(C)(O)COC. The second-order valence-corrected chi connectivity index (χ2v) is 3.82. The predicted octanol–water partition coefficient (Wildman–Crippen LogP) is 2.21. The average molecular weight is 174 g/mol. The molecule has 0 amide bonds. The highest BCUT2D eigenvalue weighted by atomic mass is 16.5. The third-order valence-electron chi connectivity index (χ3n) is 2.34. The van der Waals surface area contributed by atoms with Crippen LogP contribution in [0.25, 0.3) is 0 Å². The molecule has 1 atom stereocenters. The second kappa shape index (κ2) is 5.55. The quantitative estimate of drug-likeness (QED) is 0.669. The van der Waals surface area contributed by atoms with E-state index < -0.39 is 5.60 Å². The molecule has 2 nitrogen and oxygen atoms in total. The van der Waals surface area contributed by atoms with Gasteiger partial charge in [0.15, 0.2) is 0 Å². The summed E-state index contributed by atoms with van der Waals surface area (Å²) in [6.45, 7) is 6.60. The van der Waals surface area contributed by atoms with E-state index in [-0.39, 0.29) is 0 Å². The van der Waals surface area contributed by atoms with Gasteiger partial charge in [0, 0.05) is 7.11 Å². The maximum atomic E-state index is 9.82. The Kier molecular flexibility index (Phi) is 5.51. The number of hydrogen-bond acceptors (Lipinski definition) is 2. The molecular formula is C10H22O2. The summed E-state index contributed by atoms with van der Waals surface area (Å²) in [5, 5.41) is 9.82. The van der Waals surface area contributed by atoms with Crippen molar-refractivity contribution in [2.75, 3.05) is 13.7 Å². The minimum absolute atomic E-state index is 0.434. The highest BCUT2D eigenvalue weighted by Crippen LogP contribution is 2.21. The Morgan fingerprint density at radius 2 is 1.83 bits per heavy atom. The maximum absolute atomic E-state index is 9.82. The molecule has 12 heavy (non-hydrogen) atoms. The van der Waals surface area contributed by atoms with E-state index in [1.807, 2.05) is 6.92 Å². The highest BCUT2D eigenvalue weighted by Gasteiger charge is 2.23. The van der Waals surface area contributed by atoms with Crippen molar-refractivity contribution in [3.8, 4) is 0 Å². The van der Waals surface area contributed by atoms with E-state index in [4.69, 9.17) is 4.74 Å². The van der Waals surface area contributed by atoms with Gasteiger partial charge in [-0.15, -0.1) is 0 Å². The molecule has 0 aromatic carbocycles. The average Bonchev–Trinajstić information content (AvgIpc) is 2.00. The van der Waals surface area contributed by atoms with E-state index in [1.165, 1.54) is 0 Å². The van der Waals surface area contributed by atoms with Crippen LogP contribution >= 0.6 is 0 Å². The topological polar surface area (TPSA) is 29.5 Å². The van der Waals surface area contributed by atoms with Gasteiger partial charge < -0.3 is 9.84 Å². The smallest absolute Gasteiger partial charge is 0.0854 e. The molecule has 0 aromatic rings. The van der Waals surface area contributed by atoms with Gasteiger partial charge in [0.2, 0.25) is 0 Å². The number of rotatable bonds is 6. The molecule has 0 bridgehead atoms. The first kappa shape index (κ1) is 11.9. The molecular weight excluding hydrogens is 152 g/mol. The normalized spacial score (nSPS) is 16.5. The van der Waals surface area contributed by atoms with Gasteiger partial charge in [-0.25, -0.2) is 0 Å². The molecule has 0 aromatic heterocycles. The van der Waals surface area contributed by atoms with Gasteiger partial charge in [-0.3, -0.25) is 0 Å². The fourth-order valence-electron chi connectivity index (χ4n) is 1.57. The number of hydrogen-bond donors (Lipinski definition) is 1. The van der Waals surface area contributed by atoms with Crippen molar-refractivity contribution < 1.29 is 9.84 Å². The van der Waals surface area contributed by atoms with Crippen LogP contribution in [0.2, 0.25) is 0 Å². The zero-order valence-electron chi connectivity index (χ0n) is 8.76. The molecule has 1 unspecified atom stereocenters. The van der Waals surface area contributed by atoms with Crippen LogP contribution in [0.5, 0.6) is 0 Å². The van der Waals surface area contributed by atoms with Gasteiger partial charge in [0.1, 0.15) is 0 Å². The summed E-state index contributed by atoms with van der Waals surface area (Å²) in [6, 6.07) is 0. The van der Waals surface area contributed by atoms with Crippen molar-refractivity contribution in [3.05, 3.63) is 0 Å². The Hall–Kier alpha value is -0.0800. The van der Waals surface area contributed by atoms with Crippen LogP contribution in [-0.2, 0) is 4.74 Å². The molecule has 74 valence electrons. The lowest BCUT2D eigenvalue weighted by Gasteiger charge is -2.26. The Bertz CT molecular complexity index is 106. The fourth-order valence-corrected chi connectivity index (χ4v) is 1.57. The van der Waals surface area contributed by atoms with Crippen molar-refractivity contribution >= 4 is 0 Å². The fraction of sp³-hybridized carbons (Fsp3) is 1.00. The molecule has 0 aliphatic heterocycles. The van der Waals surface area contributed by atoms with Crippen molar-refractivity contribution in [2.24, 2.45) is 5.92 Å². The monoisotopic (exact) mass is 174 g/mol. The molecule has 0 saturated carbocycles. The molecule has 0 aliphatic rings. The molecule has 2 heteroatoms. The minimum Gasteiger partial charge on any atom is -0.388 e. The van der Waals surface area contributed by atoms with Crippen LogP contribution in [0.1, 0.15) is 40.0 Å². The third kappa shape index (κ3) is 4.73. The summed E-state index contributed by atoms with van der Waals surface area (Å²) in [6.07, 6.45) is 3.11. The van der Waals surface area contributed by atoms with E-state index >= 15 is 0 Å². The van der Waals surface area contributed by atoms with Crippen LogP contribution in [0.4, 0.5) is 0 Å². The largest absolute Gasteiger partial charge is 0.388 e. The Morgan fingerprint density at radius 1 is 1.33 bits per heavy atom. The zero-order valence-corrected chi connectivity index (χ0v) is 8.76. The molecule has 0 radical (unpaired) electrons. The van der Waals surface area contributed by atoms with E-state index in [0.717, 1.165) is 19.3 Å². The Labute approximate surface area is 75.9 Å². The predicted molar refractivity (Wildman–Crippen MR) is 51.2 cm³/mol. The summed E-state index contributed by atoms with van der Waals surface area (Å²) >= 11 is 0. The van der Waals surface area contributed by atoms with Gasteiger partial charge >= 0.3 is 0 Å². The first-order valence-corrected chi connectivity index (χ1v) is 4.77. The summed E-state index contributed by atoms with van der Waals surface area (Å²) < 4.78 is 4.95. The van der Waals surface area contributed by atoms with Gasteiger partial charge in [-0.1, -0.05) is 26.7 Å². The molecule has 1 N–H and O–H groups in total. The third-order valence-corrected chi connectivity index (χ3v) is 2.34. The van der Waals surface area contributed by atoms with Crippen molar-refractivity contribution in [1.82, 2.24) is 0 Å². The Balaban J connectivity index is 3.84. The van der Waals surface area contributed by atoms with Crippen LogP contribution < -0.4 is 0 Å². The van der Waals surface area contributed by atoms with Gasteiger partial charge in [-0.05, 0) is 19.3 Å². The number of methoxy groups -OCH3 is 1. The van der Waals surface area contributed by atoms with E-state index in [1.54, 1.807) is 7.11 Å². The molecule has 0 aliphatic carbocycles. The lowest BCUT2D eigenvalue weighted by atomic mass is 9.89. The molecule has 0 spiro atoms.